The Bertz CT molecular complexity index is 497. The van der Waals surface area contributed by atoms with E-state index in [4.69, 9.17) is 9.47 Å². The third-order valence-corrected chi connectivity index (χ3v) is 2.48. The lowest BCUT2D eigenvalue weighted by molar-refractivity contribution is 0.0480. The van der Waals surface area contributed by atoms with Crippen LogP contribution in [0.5, 0.6) is 0 Å². The highest BCUT2D eigenvalue weighted by Crippen LogP contribution is 2.22. The summed E-state index contributed by atoms with van der Waals surface area (Å²) in [5.74, 6) is -1.10. The van der Waals surface area contributed by atoms with Crippen LogP contribution in [0.4, 0.5) is 5.69 Å². The van der Waals surface area contributed by atoms with Gasteiger partial charge in [0.2, 0.25) is 0 Å². The van der Waals surface area contributed by atoms with E-state index >= 15 is 0 Å². The van der Waals surface area contributed by atoms with Crippen LogP contribution in [0.25, 0.3) is 0 Å². The molecule has 0 radical (unpaired) electrons. The summed E-state index contributed by atoms with van der Waals surface area (Å²) in [5, 5.41) is 3.01. The highest BCUT2D eigenvalue weighted by Gasteiger charge is 2.22. The second kappa shape index (κ2) is 7.99. The molecule has 5 heteroatoms. The normalized spacial score (nSPS) is 9.70. The molecule has 0 bridgehead atoms. The van der Waals surface area contributed by atoms with Crippen molar-refractivity contribution < 1.29 is 19.1 Å². The van der Waals surface area contributed by atoms with Gasteiger partial charge in [0.05, 0.1) is 24.3 Å². The number of hydrogen-bond acceptors (Lipinski definition) is 5. The van der Waals surface area contributed by atoms with Gasteiger partial charge in [-0.2, -0.15) is 0 Å². The van der Waals surface area contributed by atoms with E-state index in [1.807, 2.05) is 0 Å². The SMILES string of the molecule is C=CCNc1cccc(C(=O)OCC)c1C(=O)OCC. The molecule has 20 heavy (non-hydrogen) atoms. The average Bonchev–Trinajstić information content (AvgIpc) is 2.45. The van der Waals surface area contributed by atoms with Crippen LogP contribution in [-0.2, 0) is 9.47 Å². The van der Waals surface area contributed by atoms with Gasteiger partial charge in [-0.1, -0.05) is 12.1 Å². The largest absolute Gasteiger partial charge is 0.462 e. The van der Waals surface area contributed by atoms with Crippen molar-refractivity contribution in [3.8, 4) is 0 Å². The first-order valence-electron chi connectivity index (χ1n) is 6.47. The van der Waals surface area contributed by atoms with E-state index in [9.17, 15) is 9.59 Å². The van der Waals surface area contributed by atoms with Crippen molar-refractivity contribution in [3.05, 3.63) is 42.0 Å². The third-order valence-electron chi connectivity index (χ3n) is 2.48. The first-order chi connectivity index (χ1) is 9.65. The van der Waals surface area contributed by atoms with Crippen LogP contribution in [0.2, 0.25) is 0 Å². The Labute approximate surface area is 118 Å². The molecule has 0 atom stereocenters. The van der Waals surface area contributed by atoms with Crippen LogP contribution in [0.1, 0.15) is 34.6 Å². The molecule has 0 saturated heterocycles. The van der Waals surface area contributed by atoms with Gasteiger partial charge in [-0.25, -0.2) is 9.59 Å². The number of carbonyl (C=O) groups excluding carboxylic acids is 2. The molecule has 5 nitrogen and oxygen atoms in total. The maximum atomic E-state index is 12.1. The van der Waals surface area contributed by atoms with E-state index in [1.54, 1.807) is 38.1 Å². The fraction of sp³-hybridized carbons (Fsp3) is 0.333. The lowest BCUT2D eigenvalue weighted by Crippen LogP contribution is -2.17. The van der Waals surface area contributed by atoms with Crippen molar-refractivity contribution in [2.45, 2.75) is 13.8 Å². The molecule has 0 fully saturated rings. The second-order valence-corrected chi connectivity index (χ2v) is 3.84. The Morgan fingerprint density at radius 3 is 2.45 bits per heavy atom. The van der Waals surface area contributed by atoms with E-state index in [-0.39, 0.29) is 24.3 Å². The fourth-order valence-corrected chi connectivity index (χ4v) is 1.68. The zero-order valence-electron chi connectivity index (χ0n) is 11.8. The van der Waals surface area contributed by atoms with Gasteiger partial charge in [-0.3, -0.25) is 0 Å². The van der Waals surface area contributed by atoms with Gasteiger partial charge in [0.15, 0.2) is 0 Å². The summed E-state index contributed by atoms with van der Waals surface area (Å²) in [6.45, 7) is 7.97. The molecular formula is C15H19NO4. The van der Waals surface area contributed by atoms with Gasteiger partial charge in [0, 0.05) is 12.2 Å². The monoisotopic (exact) mass is 277 g/mol. The van der Waals surface area contributed by atoms with Crippen LogP contribution < -0.4 is 5.32 Å². The topological polar surface area (TPSA) is 64.6 Å². The molecule has 0 saturated carbocycles. The Kier molecular flexibility index (Phi) is 6.29. The van der Waals surface area contributed by atoms with Crippen LogP contribution in [0, 0.1) is 0 Å². The molecule has 1 aromatic carbocycles. The average molecular weight is 277 g/mol. The molecule has 0 unspecified atom stereocenters. The molecule has 0 aliphatic rings. The lowest BCUT2D eigenvalue weighted by atomic mass is 10.1. The summed E-state index contributed by atoms with van der Waals surface area (Å²) >= 11 is 0. The quantitative estimate of drug-likeness (QED) is 0.613. The minimum atomic E-state index is -0.553. The van der Waals surface area contributed by atoms with Gasteiger partial charge in [-0.15, -0.1) is 6.58 Å². The number of rotatable bonds is 7. The molecule has 0 spiro atoms. The summed E-state index contributed by atoms with van der Waals surface area (Å²) in [7, 11) is 0. The molecule has 1 N–H and O–H groups in total. The summed E-state index contributed by atoms with van der Waals surface area (Å²) in [6.07, 6.45) is 1.66. The molecule has 1 rings (SSSR count). The van der Waals surface area contributed by atoms with Crippen molar-refractivity contribution in [2.75, 3.05) is 25.1 Å². The molecule has 1 aromatic rings. The number of nitrogens with one attached hydrogen (secondary N) is 1. The standard InChI is InChI=1S/C15H19NO4/c1-4-10-16-12-9-7-8-11(14(17)19-5-2)13(12)15(18)20-6-3/h4,7-9,16H,1,5-6,10H2,2-3H3. The minimum Gasteiger partial charge on any atom is -0.462 e. The first kappa shape index (κ1) is 15.8. The van der Waals surface area contributed by atoms with E-state index in [0.29, 0.717) is 12.2 Å². The molecule has 0 aliphatic heterocycles. The second-order valence-electron chi connectivity index (χ2n) is 3.84. The van der Waals surface area contributed by atoms with Gasteiger partial charge in [0.25, 0.3) is 0 Å². The van der Waals surface area contributed by atoms with Gasteiger partial charge in [-0.05, 0) is 26.0 Å². The van der Waals surface area contributed by atoms with Crippen LogP contribution in [0.3, 0.4) is 0 Å². The molecular weight excluding hydrogens is 258 g/mol. The Morgan fingerprint density at radius 1 is 1.20 bits per heavy atom. The van der Waals surface area contributed by atoms with E-state index in [0.717, 1.165) is 0 Å². The number of anilines is 1. The smallest absolute Gasteiger partial charge is 0.341 e. The molecule has 108 valence electrons. The summed E-state index contributed by atoms with van der Waals surface area (Å²) in [4.78, 5) is 24.0. The summed E-state index contributed by atoms with van der Waals surface area (Å²) in [5.41, 5.74) is 0.905. The first-order valence-corrected chi connectivity index (χ1v) is 6.47. The van der Waals surface area contributed by atoms with Gasteiger partial charge < -0.3 is 14.8 Å². The van der Waals surface area contributed by atoms with Crippen molar-refractivity contribution in [3.63, 3.8) is 0 Å². The molecule has 0 amide bonds. The predicted octanol–water partition coefficient (Wildman–Crippen LogP) is 2.64. The van der Waals surface area contributed by atoms with E-state index in [1.165, 1.54) is 0 Å². The van der Waals surface area contributed by atoms with Crippen molar-refractivity contribution in [1.29, 1.82) is 0 Å². The number of carbonyl (C=O) groups is 2. The number of hydrogen-bond donors (Lipinski definition) is 1. The number of benzene rings is 1. The molecule has 0 aromatic heterocycles. The predicted molar refractivity (Wildman–Crippen MR) is 77.0 cm³/mol. The van der Waals surface area contributed by atoms with E-state index in [2.05, 4.69) is 11.9 Å². The maximum Gasteiger partial charge on any atom is 0.341 e. The van der Waals surface area contributed by atoms with Gasteiger partial charge >= 0.3 is 11.9 Å². The Balaban J connectivity index is 3.24. The van der Waals surface area contributed by atoms with Crippen LogP contribution in [0.15, 0.2) is 30.9 Å². The minimum absolute atomic E-state index is 0.189. The van der Waals surface area contributed by atoms with Crippen LogP contribution in [-0.4, -0.2) is 31.7 Å². The summed E-state index contributed by atoms with van der Waals surface area (Å²) < 4.78 is 9.97. The fourth-order valence-electron chi connectivity index (χ4n) is 1.68. The third kappa shape index (κ3) is 3.85. The van der Waals surface area contributed by atoms with Crippen LogP contribution >= 0.6 is 0 Å². The van der Waals surface area contributed by atoms with Crippen molar-refractivity contribution in [2.24, 2.45) is 0 Å². The number of esters is 2. The highest BCUT2D eigenvalue weighted by molar-refractivity contribution is 6.07. The Morgan fingerprint density at radius 2 is 1.85 bits per heavy atom. The highest BCUT2D eigenvalue weighted by atomic mass is 16.5. The maximum absolute atomic E-state index is 12.1. The van der Waals surface area contributed by atoms with Gasteiger partial charge in [0.1, 0.15) is 0 Å². The molecule has 0 aliphatic carbocycles. The zero-order valence-corrected chi connectivity index (χ0v) is 11.8. The Hall–Kier alpha value is -2.30. The van der Waals surface area contributed by atoms with E-state index < -0.39 is 11.9 Å². The summed E-state index contributed by atoms with van der Waals surface area (Å²) in [6, 6.07) is 4.93. The van der Waals surface area contributed by atoms with Crippen molar-refractivity contribution in [1.82, 2.24) is 0 Å². The zero-order chi connectivity index (χ0) is 15.0. The molecule has 0 heterocycles. The number of ether oxygens (including phenoxy) is 2. The lowest BCUT2D eigenvalue weighted by Gasteiger charge is -2.13. The van der Waals surface area contributed by atoms with Crippen molar-refractivity contribution >= 4 is 17.6 Å².